The van der Waals surface area contributed by atoms with E-state index in [0.29, 0.717) is 6.54 Å². The summed E-state index contributed by atoms with van der Waals surface area (Å²) in [5, 5.41) is 20.7. The second kappa shape index (κ2) is 8.05. The highest BCUT2D eigenvalue weighted by molar-refractivity contribution is 5.43. The Morgan fingerprint density at radius 3 is 2.67 bits per heavy atom. The summed E-state index contributed by atoms with van der Waals surface area (Å²) in [7, 11) is 0. The highest BCUT2D eigenvalue weighted by Gasteiger charge is 2.08. The molecule has 0 aliphatic carbocycles. The van der Waals surface area contributed by atoms with Gasteiger partial charge in [0, 0.05) is 24.8 Å². The van der Waals surface area contributed by atoms with Crippen LogP contribution in [0.3, 0.4) is 0 Å². The Bertz CT molecular complexity index is 427. The zero-order valence-corrected chi connectivity index (χ0v) is 10.6. The molecule has 0 saturated carbocycles. The van der Waals surface area contributed by atoms with Crippen molar-refractivity contribution in [3.8, 4) is 12.1 Å². The first kappa shape index (κ1) is 14.0. The second-order valence-corrected chi connectivity index (χ2v) is 3.90. The highest BCUT2D eigenvalue weighted by Crippen LogP contribution is 2.13. The minimum atomic E-state index is 0.246. The summed E-state index contributed by atoms with van der Waals surface area (Å²) in [5.41, 5.74) is 1.01. The summed E-state index contributed by atoms with van der Waals surface area (Å²) < 4.78 is 0. The van der Waals surface area contributed by atoms with Crippen molar-refractivity contribution in [2.45, 2.75) is 19.9 Å². The molecule has 0 amide bonds. The van der Waals surface area contributed by atoms with Crippen LogP contribution in [-0.2, 0) is 6.54 Å². The Hall–Kier alpha value is -2.11. The van der Waals surface area contributed by atoms with E-state index < -0.39 is 0 Å². The van der Waals surface area contributed by atoms with Crippen molar-refractivity contribution in [1.82, 2.24) is 9.88 Å². The van der Waals surface area contributed by atoms with E-state index in [4.69, 9.17) is 10.5 Å². The van der Waals surface area contributed by atoms with Gasteiger partial charge in [-0.3, -0.25) is 4.90 Å². The summed E-state index contributed by atoms with van der Waals surface area (Å²) in [6.07, 6.45) is 2.76. The second-order valence-electron chi connectivity index (χ2n) is 3.90. The third kappa shape index (κ3) is 4.40. The number of hydrogen-bond acceptors (Lipinski definition) is 5. The fourth-order valence-corrected chi connectivity index (χ4v) is 1.58. The fraction of sp³-hybridized carbons (Fsp3) is 0.462. The van der Waals surface area contributed by atoms with Crippen LogP contribution in [0.15, 0.2) is 18.3 Å². The standard InChI is InChI=1S/C13H17N5/c1-2-7-16-13-12(4-3-8-17-13)11-18(9-5-14)10-6-15/h3-4,8H,2,7,9-11H2,1H3,(H,16,17). The van der Waals surface area contributed by atoms with Gasteiger partial charge in [-0.15, -0.1) is 0 Å². The van der Waals surface area contributed by atoms with Gasteiger partial charge in [0.2, 0.25) is 0 Å². The predicted octanol–water partition coefficient (Wildman–Crippen LogP) is 1.75. The van der Waals surface area contributed by atoms with Crippen LogP contribution in [0.5, 0.6) is 0 Å². The number of rotatable bonds is 7. The molecule has 0 aliphatic rings. The normalized spacial score (nSPS) is 9.78. The molecule has 0 unspecified atom stereocenters. The maximum atomic E-state index is 8.72. The molecule has 1 rings (SSSR count). The molecular formula is C13H17N5. The zero-order valence-electron chi connectivity index (χ0n) is 10.6. The minimum Gasteiger partial charge on any atom is -0.370 e. The molecule has 0 fully saturated rings. The largest absolute Gasteiger partial charge is 0.370 e. The molecule has 18 heavy (non-hydrogen) atoms. The van der Waals surface area contributed by atoms with Crippen molar-refractivity contribution in [2.24, 2.45) is 0 Å². The maximum absolute atomic E-state index is 8.72. The van der Waals surface area contributed by atoms with Crippen molar-refractivity contribution < 1.29 is 0 Å². The molecule has 1 heterocycles. The summed E-state index contributed by atoms with van der Waals surface area (Å²) in [4.78, 5) is 6.07. The average molecular weight is 243 g/mol. The quantitative estimate of drug-likeness (QED) is 0.738. The van der Waals surface area contributed by atoms with Gasteiger partial charge in [-0.25, -0.2) is 4.98 Å². The molecule has 0 aliphatic heterocycles. The van der Waals surface area contributed by atoms with E-state index in [2.05, 4.69) is 29.4 Å². The lowest BCUT2D eigenvalue weighted by Gasteiger charge is -2.17. The van der Waals surface area contributed by atoms with Gasteiger partial charge in [-0.2, -0.15) is 10.5 Å². The van der Waals surface area contributed by atoms with E-state index in [1.165, 1.54) is 0 Å². The lowest BCUT2D eigenvalue weighted by molar-refractivity contribution is 0.335. The number of pyridine rings is 1. The van der Waals surface area contributed by atoms with Crippen LogP contribution < -0.4 is 5.32 Å². The summed E-state index contributed by atoms with van der Waals surface area (Å²) in [6.45, 7) is 4.00. The van der Waals surface area contributed by atoms with Gasteiger partial charge in [-0.1, -0.05) is 13.0 Å². The lowest BCUT2D eigenvalue weighted by atomic mass is 10.2. The van der Waals surface area contributed by atoms with E-state index in [9.17, 15) is 0 Å². The first-order valence-corrected chi connectivity index (χ1v) is 5.95. The Balaban J connectivity index is 2.75. The molecule has 1 N–H and O–H groups in total. The molecule has 0 bridgehead atoms. The lowest BCUT2D eigenvalue weighted by Crippen LogP contribution is -2.24. The van der Waals surface area contributed by atoms with Crippen molar-refractivity contribution in [3.05, 3.63) is 23.9 Å². The minimum absolute atomic E-state index is 0.246. The maximum Gasteiger partial charge on any atom is 0.130 e. The number of hydrogen-bond donors (Lipinski definition) is 1. The van der Waals surface area contributed by atoms with Gasteiger partial charge in [0.05, 0.1) is 25.2 Å². The van der Waals surface area contributed by atoms with Crippen LogP contribution in [0.4, 0.5) is 5.82 Å². The van der Waals surface area contributed by atoms with Gasteiger partial charge in [0.1, 0.15) is 5.82 Å². The number of nitrogens with one attached hydrogen (secondary N) is 1. The number of anilines is 1. The van der Waals surface area contributed by atoms with E-state index in [1.807, 2.05) is 12.1 Å². The molecule has 1 aromatic heterocycles. The molecule has 5 heteroatoms. The van der Waals surface area contributed by atoms with E-state index in [0.717, 1.165) is 24.3 Å². The third-order valence-corrected chi connectivity index (χ3v) is 2.42. The molecule has 0 atom stereocenters. The number of aromatic nitrogens is 1. The molecule has 94 valence electrons. The van der Waals surface area contributed by atoms with Gasteiger partial charge in [0.15, 0.2) is 0 Å². The highest BCUT2D eigenvalue weighted by atomic mass is 15.1. The molecule has 1 aromatic rings. The van der Waals surface area contributed by atoms with Crippen molar-refractivity contribution in [1.29, 1.82) is 10.5 Å². The molecule has 5 nitrogen and oxygen atoms in total. The van der Waals surface area contributed by atoms with Crippen molar-refractivity contribution in [2.75, 3.05) is 25.0 Å². The van der Waals surface area contributed by atoms with Gasteiger partial charge >= 0.3 is 0 Å². The van der Waals surface area contributed by atoms with E-state index >= 15 is 0 Å². The van der Waals surface area contributed by atoms with E-state index in [1.54, 1.807) is 11.1 Å². The fourth-order valence-electron chi connectivity index (χ4n) is 1.58. The summed E-state index contributed by atoms with van der Waals surface area (Å²) in [6, 6.07) is 7.97. The first-order valence-electron chi connectivity index (χ1n) is 5.95. The summed E-state index contributed by atoms with van der Waals surface area (Å²) >= 11 is 0. The van der Waals surface area contributed by atoms with Crippen molar-refractivity contribution >= 4 is 5.82 Å². The van der Waals surface area contributed by atoms with E-state index in [-0.39, 0.29) is 13.1 Å². The topological polar surface area (TPSA) is 75.7 Å². The Labute approximate surface area is 108 Å². The molecule has 0 spiro atoms. The average Bonchev–Trinajstić information content (AvgIpc) is 2.38. The Morgan fingerprint density at radius 1 is 1.33 bits per heavy atom. The molecule has 0 radical (unpaired) electrons. The summed E-state index contributed by atoms with van der Waals surface area (Å²) in [5.74, 6) is 0.834. The molecular weight excluding hydrogens is 226 g/mol. The van der Waals surface area contributed by atoms with Crippen LogP contribution in [0, 0.1) is 22.7 Å². The number of nitriles is 2. The van der Waals surface area contributed by atoms with Crippen LogP contribution in [-0.4, -0.2) is 29.5 Å². The van der Waals surface area contributed by atoms with Gasteiger partial charge < -0.3 is 5.32 Å². The molecule has 0 aromatic carbocycles. The van der Waals surface area contributed by atoms with Gasteiger partial charge in [0.25, 0.3) is 0 Å². The predicted molar refractivity (Wildman–Crippen MR) is 69.5 cm³/mol. The first-order chi connectivity index (χ1) is 8.81. The number of nitrogens with zero attached hydrogens (tertiary/aromatic N) is 4. The monoisotopic (exact) mass is 243 g/mol. The Kier molecular flexibility index (Phi) is 6.24. The van der Waals surface area contributed by atoms with Gasteiger partial charge in [-0.05, 0) is 12.5 Å². The van der Waals surface area contributed by atoms with Crippen LogP contribution >= 0.6 is 0 Å². The molecule has 0 saturated heterocycles. The van der Waals surface area contributed by atoms with Crippen LogP contribution in [0.2, 0.25) is 0 Å². The third-order valence-electron chi connectivity index (χ3n) is 2.42. The van der Waals surface area contributed by atoms with Crippen molar-refractivity contribution in [3.63, 3.8) is 0 Å². The van der Waals surface area contributed by atoms with Crippen LogP contribution in [0.25, 0.3) is 0 Å². The van der Waals surface area contributed by atoms with Crippen LogP contribution in [0.1, 0.15) is 18.9 Å². The smallest absolute Gasteiger partial charge is 0.130 e. The zero-order chi connectivity index (χ0) is 13.2. The Morgan fingerprint density at radius 2 is 2.06 bits per heavy atom. The SMILES string of the molecule is CCCNc1ncccc1CN(CC#N)CC#N.